The third-order valence-electron chi connectivity index (χ3n) is 4.38. The lowest BCUT2D eigenvalue weighted by Gasteiger charge is -2.32. The van der Waals surface area contributed by atoms with Gasteiger partial charge in [0.25, 0.3) is 0 Å². The summed E-state index contributed by atoms with van der Waals surface area (Å²) in [6.07, 6.45) is 4.02. The van der Waals surface area contributed by atoms with Crippen LogP contribution in [0.25, 0.3) is 10.2 Å². The molecule has 0 radical (unpaired) electrons. The van der Waals surface area contributed by atoms with Crippen molar-refractivity contribution in [3.63, 3.8) is 0 Å². The van der Waals surface area contributed by atoms with Crippen LogP contribution in [0.1, 0.15) is 29.5 Å². The van der Waals surface area contributed by atoms with Crippen molar-refractivity contribution >= 4 is 27.2 Å². The maximum absolute atomic E-state index is 8.83. The molecule has 4 rings (SSSR count). The lowest BCUT2D eigenvalue weighted by atomic mass is 9.97. The molecule has 0 atom stereocenters. The van der Waals surface area contributed by atoms with E-state index >= 15 is 0 Å². The molecule has 1 fully saturated rings. The van der Waals surface area contributed by atoms with E-state index in [1.807, 2.05) is 23.5 Å². The molecule has 0 amide bonds. The van der Waals surface area contributed by atoms with E-state index in [1.165, 1.54) is 9.71 Å². The van der Waals surface area contributed by atoms with Crippen LogP contribution in [-0.4, -0.2) is 23.1 Å². The van der Waals surface area contributed by atoms with E-state index in [2.05, 4.69) is 34.2 Å². The molecule has 5 heteroatoms. The summed E-state index contributed by atoms with van der Waals surface area (Å²) in [7, 11) is 0. The molecule has 3 aromatic rings. The number of hydrogen-bond donors (Lipinski definition) is 0. The first-order valence-electron chi connectivity index (χ1n) is 7.80. The third-order valence-corrected chi connectivity index (χ3v) is 5.58. The quantitative estimate of drug-likeness (QED) is 0.717. The van der Waals surface area contributed by atoms with Gasteiger partial charge in [0.05, 0.1) is 27.1 Å². The average Bonchev–Trinajstić information content (AvgIpc) is 3.06. The number of fused-ring (bicyclic) bond motifs is 1. The molecule has 4 nitrogen and oxygen atoms in total. The Labute approximate surface area is 139 Å². The first-order chi connectivity index (χ1) is 11.3. The van der Waals surface area contributed by atoms with Gasteiger partial charge in [0.15, 0.2) is 0 Å². The van der Waals surface area contributed by atoms with Crippen molar-refractivity contribution < 1.29 is 0 Å². The summed E-state index contributed by atoms with van der Waals surface area (Å²) >= 11 is 1.83. The molecule has 0 spiro atoms. The van der Waals surface area contributed by atoms with Crippen LogP contribution < -0.4 is 4.90 Å². The standard InChI is InChI=1S/C18H16N4S/c19-11-14-5-6-15(12-20-14)22-9-7-13(8-10-22)18-21-16-3-1-2-4-17(16)23-18/h1-6,12-13H,7-10H2. The number of thiazole rings is 1. The molecule has 0 unspecified atom stereocenters. The molecular weight excluding hydrogens is 304 g/mol. The van der Waals surface area contributed by atoms with Crippen LogP contribution in [0.4, 0.5) is 5.69 Å². The second-order valence-corrected chi connectivity index (χ2v) is 6.86. The van der Waals surface area contributed by atoms with Gasteiger partial charge in [-0.2, -0.15) is 5.26 Å². The van der Waals surface area contributed by atoms with Gasteiger partial charge >= 0.3 is 0 Å². The minimum Gasteiger partial charge on any atom is -0.370 e. The van der Waals surface area contributed by atoms with Crippen molar-refractivity contribution in [1.29, 1.82) is 5.26 Å². The molecule has 2 aromatic heterocycles. The van der Waals surface area contributed by atoms with E-state index in [-0.39, 0.29) is 0 Å². The van der Waals surface area contributed by atoms with Crippen molar-refractivity contribution in [2.45, 2.75) is 18.8 Å². The molecule has 0 saturated carbocycles. The zero-order valence-corrected chi connectivity index (χ0v) is 13.5. The van der Waals surface area contributed by atoms with Crippen molar-refractivity contribution in [3.8, 4) is 6.07 Å². The Bertz CT molecular complexity index is 822. The summed E-state index contributed by atoms with van der Waals surface area (Å²) in [4.78, 5) is 11.3. The second kappa shape index (κ2) is 5.98. The molecule has 1 aliphatic rings. The molecule has 23 heavy (non-hydrogen) atoms. The van der Waals surface area contributed by atoms with E-state index in [1.54, 1.807) is 12.3 Å². The van der Waals surface area contributed by atoms with Crippen molar-refractivity contribution in [3.05, 3.63) is 53.3 Å². The average molecular weight is 320 g/mol. The first kappa shape index (κ1) is 14.2. The zero-order chi connectivity index (χ0) is 15.6. The molecule has 3 heterocycles. The lowest BCUT2D eigenvalue weighted by Crippen LogP contribution is -2.32. The molecule has 0 N–H and O–H groups in total. The van der Waals surface area contributed by atoms with Crippen LogP contribution in [0.3, 0.4) is 0 Å². The second-order valence-electron chi connectivity index (χ2n) is 5.79. The number of aromatic nitrogens is 2. The number of benzene rings is 1. The van der Waals surface area contributed by atoms with E-state index in [4.69, 9.17) is 10.2 Å². The number of anilines is 1. The smallest absolute Gasteiger partial charge is 0.140 e. The van der Waals surface area contributed by atoms with Crippen molar-refractivity contribution in [2.75, 3.05) is 18.0 Å². The van der Waals surface area contributed by atoms with Crippen molar-refractivity contribution in [1.82, 2.24) is 9.97 Å². The summed E-state index contributed by atoms with van der Waals surface area (Å²) in [5.41, 5.74) is 2.69. The van der Waals surface area contributed by atoms with Crippen LogP contribution in [0.2, 0.25) is 0 Å². The summed E-state index contributed by atoms with van der Waals surface area (Å²) in [5, 5.41) is 10.1. The van der Waals surface area contributed by atoms with Crippen LogP contribution >= 0.6 is 11.3 Å². The summed E-state index contributed by atoms with van der Waals surface area (Å²) in [6.45, 7) is 2.02. The SMILES string of the molecule is N#Cc1ccc(N2CCC(c3nc4ccccc4s3)CC2)cn1. The predicted octanol–water partition coefficient (Wildman–Crippen LogP) is 3.95. The van der Waals surface area contributed by atoms with Gasteiger partial charge in [0.2, 0.25) is 0 Å². The maximum atomic E-state index is 8.83. The van der Waals surface area contributed by atoms with Crippen LogP contribution in [0.5, 0.6) is 0 Å². The monoisotopic (exact) mass is 320 g/mol. The summed E-state index contributed by atoms with van der Waals surface area (Å²) in [5.74, 6) is 0.551. The van der Waals surface area contributed by atoms with Gasteiger partial charge in [-0.3, -0.25) is 0 Å². The number of para-hydroxylation sites is 1. The Kier molecular flexibility index (Phi) is 3.68. The fraction of sp³-hybridized carbons (Fsp3) is 0.278. The Hall–Kier alpha value is -2.45. The Morgan fingerprint density at radius 3 is 2.65 bits per heavy atom. The number of hydrogen-bond acceptors (Lipinski definition) is 5. The number of rotatable bonds is 2. The molecule has 1 saturated heterocycles. The number of nitriles is 1. The van der Waals surface area contributed by atoms with Gasteiger partial charge < -0.3 is 4.90 Å². The van der Waals surface area contributed by atoms with Crippen molar-refractivity contribution in [2.24, 2.45) is 0 Å². The van der Waals surface area contributed by atoms with Gasteiger partial charge in [-0.05, 0) is 37.1 Å². The van der Waals surface area contributed by atoms with Gasteiger partial charge in [0.1, 0.15) is 11.8 Å². The van der Waals surface area contributed by atoms with E-state index in [0.29, 0.717) is 11.6 Å². The minimum absolute atomic E-state index is 0.470. The molecule has 1 aliphatic heterocycles. The minimum atomic E-state index is 0.470. The van der Waals surface area contributed by atoms with E-state index in [0.717, 1.165) is 37.1 Å². The number of piperidine rings is 1. The Morgan fingerprint density at radius 2 is 1.96 bits per heavy atom. The van der Waals surface area contributed by atoms with Gasteiger partial charge in [-0.25, -0.2) is 9.97 Å². The lowest BCUT2D eigenvalue weighted by molar-refractivity contribution is 0.504. The first-order valence-corrected chi connectivity index (χ1v) is 8.62. The highest BCUT2D eigenvalue weighted by molar-refractivity contribution is 7.18. The number of nitrogens with zero attached hydrogens (tertiary/aromatic N) is 4. The Morgan fingerprint density at radius 1 is 1.13 bits per heavy atom. The maximum Gasteiger partial charge on any atom is 0.140 e. The van der Waals surface area contributed by atoms with Crippen LogP contribution in [-0.2, 0) is 0 Å². The number of pyridine rings is 1. The predicted molar refractivity (Wildman–Crippen MR) is 92.8 cm³/mol. The fourth-order valence-corrected chi connectivity index (χ4v) is 4.23. The molecule has 1 aromatic carbocycles. The van der Waals surface area contributed by atoms with E-state index < -0.39 is 0 Å². The van der Waals surface area contributed by atoms with E-state index in [9.17, 15) is 0 Å². The highest BCUT2D eigenvalue weighted by Gasteiger charge is 2.23. The molecule has 114 valence electrons. The fourth-order valence-electron chi connectivity index (χ4n) is 3.09. The highest BCUT2D eigenvalue weighted by atomic mass is 32.1. The summed E-state index contributed by atoms with van der Waals surface area (Å²) < 4.78 is 1.28. The van der Waals surface area contributed by atoms with Gasteiger partial charge in [-0.15, -0.1) is 11.3 Å². The van der Waals surface area contributed by atoms with Gasteiger partial charge in [-0.1, -0.05) is 12.1 Å². The largest absolute Gasteiger partial charge is 0.370 e. The zero-order valence-electron chi connectivity index (χ0n) is 12.6. The third kappa shape index (κ3) is 2.78. The van der Waals surface area contributed by atoms with Crippen LogP contribution in [0, 0.1) is 11.3 Å². The molecule has 0 bridgehead atoms. The van der Waals surface area contributed by atoms with Gasteiger partial charge in [0, 0.05) is 19.0 Å². The normalized spacial score (nSPS) is 15.7. The van der Waals surface area contributed by atoms with Crippen LogP contribution in [0.15, 0.2) is 42.6 Å². The highest BCUT2D eigenvalue weighted by Crippen LogP contribution is 2.34. The topological polar surface area (TPSA) is 52.8 Å². The molecule has 0 aliphatic carbocycles. The molecular formula is C18H16N4S. The Balaban J connectivity index is 1.46. The summed E-state index contributed by atoms with van der Waals surface area (Å²) in [6, 6.07) is 14.2.